The molecule has 0 saturated heterocycles. The van der Waals surface area contributed by atoms with Crippen molar-refractivity contribution < 1.29 is 0 Å². The van der Waals surface area contributed by atoms with Crippen LogP contribution in [-0.4, -0.2) is 22.6 Å². The minimum absolute atomic E-state index is 0.135. The van der Waals surface area contributed by atoms with Crippen LogP contribution in [0.4, 0.5) is 0 Å². The first-order chi connectivity index (χ1) is 7.15. The number of hydrogen-bond acceptors (Lipinski definition) is 3. The van der Waals surface area contributed by atoms with Crippen LogP contribution in [-0.2, 0) is 6.54 Å². The molecular weight excluding hydrogens is 190 g/mol. The molecule has 0 radical (unpaired) electrons. The number of nitrogens with zero attached hydrogens (tertiary/aromatic N) is 2. The van der Waals surface area contributed by atoms with E-state index in [1.807, 2.05) is 19.9 Å². The van der Waals surface area contributed by atoms with Gasteiger partial charge in [0.1, 0.15) is 0 Å². The van der Waals surface area contributed by atoms with Gasteiger partial charge in [-0.25, -0.2) is 4.79 Å². The first kappa shape index (κ1) is 11.9. The molecule has 0 unspecified atom stereocenters. The quantitative estimate of drug-likeness (QED) is 0.732. The molecule has 0 spiro atoms. The molecule has 84 valence electrons. The van der Waals surface area contributed by atoms with Gasteiger partial charge < -0.3 is 5.32 Å². The van der Waals surface area contributed by atoms with Crippen molar-refractivity contribution in [2.75, 3.05) is 13.1 Å². The van der Waals surface area contributed by atoms with Crippen LogP contribution in [0.2, 0.25) is 0 Å². The van der Waals surface area contributed by atoms with Gasteiger partial charge in [-0.2, -0.15) is 4.98 Å². The zero-order valence-electron chi connectivity index (χ0n) is 9.71. The van der Waals surface area contributed by atoms with Crippen LogP contribution < -0.4 is 11.0 Å². The van der Waals surface area contributed by atoms with E-state index in [0.717, 1.165) is 37.4 Å². The lowest BCUT2D eigenvalue weighted by atomic mass is 10.3. The maximum Gasteiger partial charge on any atom is 0.347 e. The molecule has 0 saturated carbocycles. The van der Waals surface area contributed by atoms with Gasteiger partial charge in [-0.05, 0) is 39.4 Å². The van der Waals surface area contributed by atoms with Gasteiger partial charge in [0.05, 0.1) is 0 Å². The molecule has 0 bridgehead atoms. The smallest absolute Gasteiger partial charge is 0.317 e. The summed E-state index contributed by atoms with van der Waals surface area (Å²) in [5.41, 5.74) is 1.65. The van der Waals surface area contributed by atoms with Crippen molar-refractivity contribution >= 4 is 0 Å². The highest BCUT2D eigenvalue weighted by molar-refractivity contribution is 5.06. The lowest BCUT2D eigenvalue weighted by molar-refractivity contribution is 0.559. The molecule has 4 heteroatoms. The number of aryl methyl sites for hydroxylation is 2. The van der Waals surface area contributed by atoms with Crippen molar-refractivity contribution in [3.8, 4) is 0 Å². The van der Waals surface area contributed by atoms with Gasteiger partial charge in [0.15, 0.2) is 0 Å². The Kier molecular flexibility index (Phi) is 4.49. The zero-order chi connectivity index (χ0) is 11.3. The van der Waals surface area contributed by atoms with Crippen molar-refractivity contribution in [1.82, 2.24) is 14.9 Å². The van der Waals surface area contributed by atoms with E-state index in [1.165, 1.54) is 0 Å². The molecule has 4 nitrogen and oxygen atoms in total. The summed E-state index contributed by atoms with van der Waals surface area (Å²) >= 11 is 0. The van der Waals surface area contributed by atoms with Gasteiger partial charge in [0.25, 0.3) is 0 Å². The van der Waals surface area contributed by atoms with Crippen LogP contribution in [0.25, 0.3) is 0 Å². The largest absolute Gasteiger partial charge is 0.347 e. The number of rotatable bonds is 5. The van der Waals surface area contributed by atoms with Crippen molar-refractivity contribution in [1.29, 1.82) is 0 Å². The Morgan fingerprint density at radius 3 is 2.80 bits per heavy atom. The second kappa shape index (κ2) is 5.66. The second-order valence-electron chi connectivity index (χ2n) is 3.68. The van der Waals surface area contributed by atoms with Crippen LogP contribution in [0.15, 0.2) is 10.9 Å². The summed E-state index contributed by atoms with van der Waals surface area (Å²) in [5.74, 6) is 0. The van der Waals surface area contributed by atoms with E-state index in [2.05, 4.69) is 17.2 Å². The van der Waals surface area contributed by atoms with E-state index in [9.17, 15) is 4.79 Å². The third-order valence-electron chi connectivity index (χ3n) is 2.33. The van der Waals surface area contributed by atoms with Gasteiger partial charge in [-0.3, -0.25) is 4.57 Å². The molecule has 1 aromatic heterocycles. The predicted molar refractivity (Wildman–Crippen MR) is 61.1 cm³/mol. The fourth-order valence-electron chi connectivity index (χ4n) is 1.59. The molecule has 0 fully saturated rings. The highest BCUT2D eigenvalue weighted by atomic mass is 16.1. The lowest BCUT2D eigenvalue weighted by Crippen LogP contribution is -2.27. The normalized spacial score (nSPS) is 10.6. The van der Waals surface area contributed by atoms with Gasteiger partial charge in [-0.15, -0.1) is 0 Å². The van der Waals surface area contributed by atoms with Crippen molar-refractivity contribution in [3.05, 3.63) is 27.9 Å². The molecule has 0 aliphatic heterocycles. The number of nitrogens with one attached hydrogen (secondary N) is 1. The van der Waals surface area contributed by atoms with E-state index < -0.39 is 0 Å². The van der Waals surface area contributed by atoms with Gasteiger partial charge in [0.2, 0.25) is 0 Å². The highest BCUT2D eigenvalue weighted by Gasteiger charge is 2.01. The first-order valence-corrected chi connectivity index (χ1v) is 5.41. The Bertz CT molecular complexity index is 371. The fourth-order valence-corrected chi connectivity index (χ4v) is 1.59. The molecule has 0 aliphatic carbocycles. The van der Waals surface area contributed by atoms with Gasteiger partial charge in [0, 0.05) is 17.9 Å². The lowest BCUT2D eigenvalue weighted by Gasteiger charge is -2.09. The summed E-state index contributed by atoms with van der Waals surface area (Å²) in [6.45, 7) is 8.52. The molecule has 0 amide bonds. The van der Waals surface area contributed by atoms with Crippen LogP contribution in [0, 0.1) is 13.8 Å². The molecule has 0 aliphatic rings. The van der Waals surface area contributed by atoms with Crippen LogP contribution in [0.3, 0.4) is 0 Å². The van der Waals surface area contributed by atoms with E-state index in [1.54, 1.807) is 4.57 Å². The van der Waals surface area contributed by atoms with Gasteiger partial charge in [-0.1, -0.05) is 6.92 Å². The van der Waals surface area contributed by atoms with E-state index >= 15 is 0 Å². The minimum Gasteiger partial charge on any atom is -0.317 e. The summed E-state index contributed by atoms with van der Waals surface area (Å²) in [6.07, 6.45) is 0.958. The maximum absolute atomic E-state index is 11.6. The molecule has 0 aromatic carbocycles. The summed E-state index contributed by atoms with van der Waals surface area (Å²) in [4.78, 5) is 15.5. The van der Waals surface area contributed by atoms with E-state index in [-0.39, 0.29) is 5.69 Å². The average Bonchev–Trinajstić information content (AvgIpc) is 2.15. The highest BCUT2D eigenvalue weighted by Crippen LogP contribution is 1.97. The molecule has 1 rings (SSSR count). The third-order valence-corrected chi connectivity index (χ3v) is 2.33. The Balaban J connectivity index is 2.65. The molecule has 1 N–H and O–H groups in total. The Morgan fingerprint density at radius 2 is 2.20 bits per heavy atom. The summed E-state index contributed by atoms with van der Waals surface area (Å²) in [7, 11) is 0. The summed E-state index contributed by atoms with van der Waals surface area (Å²) < 4.78 is 1.73. The number of aromatic nitrogens is 2. The summed E-state index contributed by atoms with van der Waals surface area (Å²) in [6, 6.07) is 1.94. The standard InChI is InChI=1S/C11H19N3O/c1-4-12-6-5-7-14-10(3)8-9(2)13-11(14)15/h8,12H,4-7H2,1-3H3. The van der Waals surface area contributed by atoms with Gasteiger partial charge >= 0.3 is 5.69 Å². The van der Waals surface area contributed by atoms with Crippen LogP contribution in [0.5, 0.6) is 0 Å². The maximum atomic E-state index is 11.6. The average molecular weight is 209 g/mol. The van der Waals surface area contributed by atoms with Crippen LogP contribution >= 0.6 is 0 Å². The van der Waals surface area contributed by atoms with Crippen molar-refractivity contribution in [2.24, 2.45) is 0 Å². The molecule has 0 atom stereocenters. The Morgan fingerprint density at radius 1 is 1.47 bits per heavy atom. The Hall–Kier alpha value is -1.16. The van der Waals surface area contributed by atoms with E-state index in [4.69, 9.17) is 0 Å². The number of hydrogen-bond donors (Lipinski definition) is 1. The monoisotopic (exact) mass is 209 g/mol. The second-order valence-corrected chi connectivity index (χ2v) is 3.68. The molecule has 1 heterocycles. The van der Waals surface area contributed by atoms with Crippen molar-refractivity contribution in [2.45, 2.75) is 33.7 Å². The van der Waals surface area contributed by atoms with Crippen LogP contribution in [0.1, 0.15) is 24.7 Å². The Labute approximate surface area is 90.3 Å². The zero-order valence-corrected chi connectivity index (χ0v) is 9.71. The molecular formula is C11H19N3O. The summed E-state index contributed by atoms with van der Waals surface area (Å²) in [5, 5.41) is 3.23. The predicted octanol–water partition coefficient (Wildman–Crippen LogP) is 0.860. The SMILES string of the molecule is CCNCCCn1c(C)cc(C)nc1=O. The molecule has 15 heavy (non-hydrogen) atoms. The first-order valence-electron chi connectivity index (χ1n) is 5.41. The van der Waals surface area contributed by atoms with E-state index in [0.29, 0.717) is 0 Å². The topological polar surface area (TPSA) is 46.9 Å². The fraction of sp³-hybridized carbons (Fsp3) is 0.636. The van der Waals surface area contributed by atoms with Crippen molar-refractivity contribution in [3.63, 3.8) is 0 Å². The third kappa shape index (κ3) is 3.47. The molecule has 1 aromatic rings. The minimum atomic E-state index is -0.135.